The van der Waals surface area contributed by atoms with Gasteiger partial charge in [0.15, 0.2) is 0 Å². The smallest absolute Gasteiger partial charge is 0.241 e. The number of hydrogen-bond donors (Lipinski definition) is 1. The first-order valence-corrected chi connectivity index (χ1v) is 5.34. The van der Waals surface area contributed by atoms with Crippen molar-refractivity contribution >= 4 is 11.8 Å². The van der Waals surface area contributed by atoms with Gasteiger partial charge in [-0.3, -0.25) is 9.59 Å². The lowest BCUT2D eigenvalue weighted by atomic mass is 10.1. The molecule has 0 aromatic carbocycles. The highest BCUT2D eigenvalue weighted by Gasteiger charge is 2.27. The van der Waals surface area contributed by atoms with Gasteiger partial charge >= 0.3 is 0 Å². The lowest BCUT2D eigenvalue weighted by molar-refractivity contribution is -0.142. The minimum Gasteiger partial charge on any atom is -0.345 e. The highest BCUT2D eigenvalue weighted by Crippen LogP contribution is 2.09. The second-order valence-corrected chi connectivity index (χ2v) is 3.92. The van der Waals surface area contributed by atoms with Crippen LogP contribution < -0.4 is 5.73 Å². The summed E-state index contributed by atoms with van der Waals surface area (Å²) in [4.78, 5) is 26.4. The van der Waals surface area contributed by atoms with Crippen LogP contribution in [0.5, 0.6) is 0 Å². The average molecular weight is 213 g/mol. The molecule has 1 aliphatic rings. The zero-order chi connectivity index (χ0) is 11.4. The van der Waals surface area contributed by atoms with Gasteiger partial charge < -0.3 is 15.5 Å². The molecule has 1 atom stereocenters. The Hall–Kier alpha value is -1.10. The molecule has 5 heteroatoms. The molecule has 2 amide bonds. The van der Waals surface area contributed by atoms with Gasteiger partial charge in [0, 0.05) is 20.1 Å². The Morgan fingerprint density at radius 1 is 1.67 bits per heavy atom. The molecule has 15 heavy (non-hydrogen) atoms. The highest BCUT2D eigenvalue weighted by molar-refractivity contribution is 5.87. The summed E-state index contributed by atoms with van der Waals surface area (Å²) in [5, 5.41) is 0. The summed E-state index contributed by atoms with van der Waals surface area (Å²) in [7, 11) is 1.73. The predicted octanol–water partition coefficient (Wildman–Crippen LogP) is -0.586. The lowest BCUT2D eigenvalue weighted by Gasteiger charge is -2.31. The van der Waals surface area contributed by atoms with Crippen molar-refractivity contribution in [2.24, 2.45) is 5.73 Å². The lowest BCUT2D eigenvalue weighted by Crippen LogP contribution is -2.51. The number of carbonyl (C=O) groups excluding carboxylic acids is 2. The predicted molar refractivity (Wildman–Crippen MR) is 57.1 cm³/mol. The average Bonchev–Trinajstić information content (AvgIpc) is 2.23. The number of likely N-dealkylation sites (tertiary alicyclic amines) is 1. The van der Waals surface area contributed by atoms with Crippen molar-refractivity contribution in [1.29, 1.82) is 0 Å². The van der Waals surface area contributed by atoms with E-state index in [2.05, 4.69) is 0 Å². The zero-order valence-electron chi connectivity index (χ0n) is 9.40. The van der Waals surface area contributed by atoms with Gasteiger partial charge in [-0.15, -0.1) is 0 Å². The summed E-state index contributed by atoms with van der Waals surface area (Å²) in [6.07, 6.45) is 1.61. The molecule has 2 N–H and O–H groups in total. The van der Waals surface area contributed by atoms with Gasteiger partial charge in [0.05, 0.1) is 12.6 Å². The normalized spacial score (nSPS) is 21.7. The summed E-state index contributed by atoms with van der Waals surface area (Å²) in [5.41, 5.74) is 5.64. The molecule has 5 nitrogen and oxygen atoms in total. The third-order valence-electron chi connectivity index (χ3n) is 2.80. The summed E-state index contributed by atoms with van der Waals surface area (Å²) in [6.45, 7) is 3.38. The number of nitrogens with zero attached hydrogens (tertiary/aromatic N) is 2. The van der Waals surface area contributed by atoms with Gasteiger partial charge in [-0.05, 0) is 19.8 Å². The van der Waals surface area contributed by atoms with E-state index in [1.54, 1.807) is 16.8 Å². The van der Waals surface area contributed by atoms with Crippen LogP contribution in [0.4, 0.5) is 0 Å². The summed E-state index contributed by atoms with van der Waals surface area (Å²) < 4.78 is 0. The van der Waals surface area contributed by atoms with Gasteiger partial charge in [-0.25, -0.2) is 0 Å². The third kappa shape index (κ3) is 2.92. The van der Waals surface area contributed by atoms with Crippen LogP contribution in [0.15, 0.2) is 0 Å². The second-order valence-electron chi connectivity index (χ2n) is 3.92. The Morgan fingerprint density at radius 2 is 2.33 bits per heavy atom. The summed E-state index contributed by atoms with van der Waals surface area (Å²) in [6, 6.07) is -0.418. The molecule has 0 aliphatic carbocycles. The molecule has 1 heterocycles. The molecule has 86 valence electrons. The van der Waals surface area contributed by atoms with Crippen LogP contribution in [-0.2, 0) is 9.59 Å². The van der Waals surface area contributed by atoms with Crippen molar-refractivity contribution in [2.45, 2.75) is 25.8 Å². The Kier molecular flexibility index (Phi) is 4.08. The Bertz CT molecular complexity index is 255. The van der Waals surface area contributed by atoms with Crippen molar-refractivity contribution in [2.75, 3.05) is 26.7 Å². The van der Waals surface area contributed by atoms with Crippen LogP contribution in [0.2, 0.25) is 0 Å². The molecule has 1 rings (SSSR count). The molecule has 0 bridgehead atoms. The van der Waals surface area contributed by atoms with Gasteiger partial charge in [0.1, 0.15) is 0 Å². The molecule has 0 aromatic heterocycles. The fourth-order valence-corrected chi connectivity index (χ4v) is 1.59. The standard InChI is InChI=1S/C10H19N3O2/c1-3-12(2)9(14)7-13-6-4-5-8(11)10(13)15/h8H,3-7,11H2,1-2H3. The van der Waals surface area contributed by atoms with Gasteiger partial charge in [-0.1, -0.05) is 0 Å². The Labute approximate surface area is 90.2 Å². The van der Waals surface area contributed by atoms with Crippen LogP contribution in [0.3, 0.4) is 0 Å². The fraction of sp³-hybridized carbons (Fsp3) is 0.800. The van der Waals surface area contributed by atoms with Crippen LogP contribution in [0, 0.1) is 0 Å². The van der Waals surface area contributed by atoms with E-state index >= 15 is 0 Å². The topological polar surface area (TPSA) is 66.6 Å². The maximum Gasteiger partial charge on any atom is 0.241 e. The number of nitrogens with two attached hydrogens (primary N) is 1. The maximum atomic E-state index is 11.6. The van der Waals surface area contributed by atoms with Crippen molar-refractivity contribution in [3.05, 3.63) is 0 Å². The number of hydrogen-bond acceptors (Lipinski definition) is 3. The molecule has 0 radical (unpaired) electrons. The van der Waals surface area contributed by atoms with Crippen LogP contribution in [0.1, 0.15) is 19.8 Å². The summed E-state index contributed by atoms with van der Waals surface area (Å²) in [5.74, 6) is -0.126. The van der Waals surface area contributed by atoms with E-state index in [1.807, 2.05) is 6.92 Å². The van der Waals surface area contributed by atoms with E-state index in [0.29, 0.717) is 13.1 Å². The molecular weight excluding hydrogens is 194 g/mol. The van der Waals surface area contributed by atoms with E-state index in [-0.39, 0.29) is 18.4 Å². The monoisotopic (exact) mass is 213 g/mol. The number of likely N-dealkylation sites (N-methyl/N-ethyl adjacent to an activating group) is 1. The quantitative estimate of drug-likeness (QED) is 0.681. The van der Waals surface area contributed by atoms with Gasteiger partial charge in [0.25, 0.3) is 0 Å². The number of rotatable bonds is 3. The van der Waals surface area contributed by atoms with Crippen molar-refractivity contribution in [1.82, 2.24) is 9.80 Å². The molecule has 1 aliphatic heterocycles. The molecule has 1 fully saturated rings. The van der Waals surface area contributed by atoms with Crippen molar-refractivity contribution < 1.29 is 9.59 Å². The highest BCUT2D eigenvalue weighted by atomic mass is 16.2. The van der Waals surface area contributed by atoms with Crippen LogP contribution in [0.25, 0.3) is 0 Å². The molecule has 0 spiro atoms. The third-order valence-corrected chi connectivity index (χ3v) is 2.80. The van der Waals surface area contributed by atoms with E-state index in [0.717, 1.165) is 12.8 Å². The second kappa shape index (κ2) is 5.11. The first-order valence-electron chi connectivity index (χ1n) is 5.34. The maximum absolute atomic E-state index is 11.6. The van der Waals surface area contributed by atoms with Crippen molar-refractivity contribution in [3.63, 3.8) is 0 Å². The molecule has 1 saturated heterocycles. The Balaban J connectivity index is 2.50. The largest absolute Gasteiger partial charge is 0.345 e. The SMILES string of the molecule is CCN(C)C(=O)CN1CCCC(N)C1=O. The van der Waals surface area contributed by atoms with Gasteiger partial charge in [-0.2, -0.15) is 0 Å². The van der Waals surface area contributed by atoms with E-state index in [4.69, 9.17) is 5.73 Å². The van der Waals surface area contributed by atoms with E-state index in [1.165, 1.54) is 0 Å². The first-order chi connectivity index (χ1) is 7.06. The molecule has 0 aromatic rings. The number of carbonyl (C=O) groups is 2. The fourth-order valence-electron chi connectivity index (χ4n) is 1.59. The Morgan fingerprint density at radius 3 is 2.93 bits per heavy atom. The zero-order valence-corrected chi connectivity index (χ0v) is 9.40. The van der Waals surface area contributed by atoms with E-state index < -0.39 is 6.04 Å². The molecule has 0 saturated carbocycles. The number of piperidine rings is 1. The number of amides is 2. The van der Waals surface area contributed by atoms with Crippen molar-refractivity contribution in [3.8, 4) is 0 Å². The molecule has 1 unspecified atom stereocenters. The summed E-state index contributed by atoms with van der Waals surface area (Å²) >= 11 is 0. The van der Waals surface area contributed by atoms with Gasteiger partial charge in [0.2, 0.25) is 11.8 Å². The first kappa shape index (κ1) is 12.0. The minimum absolute atomic E-state index is 0.0278. The minimum atomic E-state index is -0.418. The molecular formula is C10H19N3O2. The van der Waals surface area contributed by atoms with Crippen LogP contribution >= 0.6 is 0 Å². The van der Waals surface area contributed by atoms with Crippen LogP contribution in [-0.4, -0.2) is 54.3 Å². The van der Waals surface area contributed by atoms with E-state index in [9.17, 15) is 9.59 Å².